The number of hydrazine groups is 1. The number of methoxy groups -OCH3 is 2. The molecule has 6 heteroatoms. The zero-order valence-corrected chi connectivity index (χ0v) is 9.87. The highest BCUT2D eigenvalue weighted by Crippen LogP contribution is 2.27. The first kappa shape index (κ1) is 12.8. The van der Waals surface area contributed by atoms with Crippen LogP contribution in [0.15, 0.2) is 18.2 Å². The molecule has 2 amide bonds. The second-order valence-corrected chi connectivity index (χ2v) is 3.21. The van der Waals surface area contributed by atoms with Gasteiger partial charge in [-0.2, -0.15) is 0 Å². The molecule has 1 aromatic rings. The minimum Gasteiger partial charge on any atom is -0.493 e. The zero-order valence-electron chi connectivity index (χ0n) is 9.87. The molecule has 0 aliphatic rings. The summed E-state index contributed by atoms with van der Waals surface area (Å²) in [6, 6.07) is 4.70. The summed E-state index contributed by atoms with van der Waals surface area (Å²) in [7, 11) is 2.99. The Morgan fingerprint density at radius 2 is 1.71 bits per heavy atom. The van der Waals surface area contributed by atoms with Crippen LogP contribution in [0.1, 0.15) is 17.3 Å². The van der Waals surface area contributed by atoms with Crippen molar-refractivity contribution in [2.45, 2.75) is 6.92 Å². The fourth-order valence-electron chi connectivity index (χ4n) is 1.19. The Morgan fingerprint density at radius 3 is 2.24 bits per heavy atom. The number of benzene rings is 1. The summed E-state index contributed by atoms with van der Waals surface area (Å²) < 4.78 is 10.1. The van der Waals surface area contributed by atoms with Crippen molar-refractivity contribution in [1.82, 2.24) is 10.9 Å². The molecule has 0 bridgehead atoms. The van der Waals surface area contributed by atoms with Gasteiger partial charge in [0.2, 0.25) is 5.91 Å². The van der Waals surface area contributed by atoms with E-state index in [1.807, 2.05) is 0 Å². The third kappa shape index (κ3) is 3.37. The molecule has 0 fully saturated rings. The number of hydrogen-bond donors (Lipinski definition) is 2. The Bertz CT molecular complexity index is 431. The minimum absolute atomic E-state index is 0.348. The maximum absolute atomic E-state index is 11.6. The molecule has 0 unspecified atom stereocenters. The lowest BCUT2D eigenvalue weighted by Gasteiger charge is -2.09. The van der Waals surface area contributed by atoms with Gasteiger partial charge in [0.05, 0.1) is 14.2 Å². The lowest BCUT2D eigenvalue weighted by Crippen LogP contribution is -2.40. The normalized spacial score (nSPS) is 9.35. The number of ether oxygens (including phenoxy) is 2. The van der Waals surface area contributed by atoms with Gasteiger partial charge in [0.15, 0.2) is 11.5 Å². The van der Waals surface area contributed by atoms with Crippen LogP contribution in [0.4, 0.5) is 0 Å². The van der Waals surface area contributed by atoms with E-state index in [4.69, 9.17) is 9.47 Å². The van der Waals surface area contributed by atoms with Crippen molar-refractivity contribution in [3.05, 3.63) is 23.8 Å². The van der Waals surface area contributed by atoms with Crippen molar-refractivity contribution in [2.75, 3.05) is 14.2 Å². The number of amides is 2. The predicted molar refractivity (Wildman–Crippen MR) is 60.8 cm³/mol. The van der Waals surface area contributed by atoms with E-state index in [9.17, 15) is 9.59 Å². The molecule has 0 radical (unpaired) electrons. The smallest absolute Gasteiger partial charge is 0.269 e. The predicted octanol–water partition coefficient (Wildman–Crippen LogP) is 0.485. The molecular weight excluding hydrogens is 224 g/mol. The van der Waals surface area contributed by atoms with Gasteiger partial charge in [0.25, 0.3) is 5.91 Å². The molecule has 0 aromatic heterocycles. The first-order chi connectivity index (χ1) is 8.08. The monoisotopic (exact) mass is 238 g/mol. The minimum atomic E-state index is -0.429. The van der Waals surface area contributed by atoms with Gasteiger partial charge in [-0.25, -0.2) is 0 Å². The Labute approximate surface area is 98.9 Å². The van der Waals surface area contributed by atoms with E-state index in [2.05, 4.69) is 10.9 Å². The van der Waals surface area contributed by atoms with Gasteiger partial charge in [-0.3, -0.25) is 20.4 Å². The van der Waals surface area contributed by atoms with Crippen LogP contribution >= 0.6 is 0 Å². The van der Waals surface area contributed by atoms with Gasteiger partial charge in [-0.1, -0.05) is 0 Å². The standard InChI is InChI=1S/C11H14N2O4/c1-7(14)12-13-11(15)8-4-5-9(16-2)10(6-8)17-3/h4-6H,1-3H3,(H,12,14)(H,13,15). The molecule has 0 aliphatic heterocycles. The Kier molecular flexibility index (Phi) is 4.33. The highest BCUT2D eigenvalue weighted by atomic mass is 16.5. The van der Waals surface area contributed by atoms with Crippen molar-refractivity contribution < 1.29 is 19.1 Å². The van der Waals surface area contributed by atoms with E-state index in [1.54, 1.807) is 12.1 Å². The van der Waals surface area contributed by atoms with Gasteiger partial charge in [0.1, 0.15) is 0 Å². The summed E-state index contributed by atoms with van der Waals surface area (Å²) in [5.41, 5.74) is 4.81. The van der Waals surface area contributed by atoms with Gasteiger partial charge in [-0.05, 0) is 18.2 Å². The largest absolute Gasteiger partial charge is 0.493 e. The maximum Gasteiger partial charge on any atom is 0.269 e. The zero-order chi connectivity index (χ0) is 12.8. The maximum atomic E-state index is 11.6. The van der Waals surface area contributed by atoms with E-state index in [0.29, 0.717) is 17.1 Å². The highest BCUT2D eigenvalue weighted by Gasteiger charge is 2.10. The summed E-state index contributed by atoms with van der Waals surface area (Å²) in [5, 5.41) is 0. The molecule has 0 saturated heterocycles. The third-order valence-corrected chi connectivity index (χ3v) is 2.00. The number of carbonyl (C=O) groups excluding carboxylic acids is 2. The first-order valence-corrected chi connectivity index (χ1v) is 4.87. The molecule has 1 rings (SSSR count). The van der Waals surface area contributed by atoms with Crippen molar-refractivity contribution in [3.63, 3.8) is 0 Å². The average molecular weight is 238 g/mol. The number of carbonyl (C=O) groups is 2. The van der Waals surface area contributed by atoms with Crippen LogP contribution in [0.25, 0.3) is 0 Å². The molecule has 0 heterocycles. The van der Waals surface area contributed by atoms with Crippen LogP contribution in [0.3, 0.4) is 0 Å². The molecule has 1 aromatic carbocycles. The van der Waals surface area contributed by atoms with Crippen LogP contribution in [-0.4, -0.2) is 26.0 Å². The van der Waals surface area contributed by atoms with E-state index in [1.165, 1.54) is 27.2 Å². The van der Waals surface area contributed by atoms with Gasteiger partial charge in [0, 0.05) is 12.5 Å². The van der Waals surface area contributed by atoms with Crippen molar-refractivity contribution in [3.8, 4) is 11.5 Å². The van der Waals surface area contributed by atoms with Crippen LogP contribution < -0.4 is 20.3 Å². The van der Waals surface area contributed by atoms with Gasteiger partial charge >= 0.3 is 0 Å². The van der Waals surface area contributed by atoms with Gasteiger partial charge in [-0.15, -0.1) is 0 Å². The van der Waals surface area contributed by atoms with Gasteiger partial charge < -0.3 is 9.47 Å². The van der Waals surface area contributed by atoms with Crippen LogP contribution in [0.2, 0.25) is 0 Å². The average Bonchev–Trinajstić information content (AvgIpc) is 2.34. The lowest BCUT2D eigenvalue weighted by molar-refractivity contribution is -0.119. The summed E-state index contributed by atoms with van der Waals surface area (Å²) in [6.45, 7) is 1.30. The van der Waals surface area contributed by atoms with E-state index in [-0.39, 0.29) is 5.91 Å². The van der Waals surface area contributed by atoms with Crippen molar-refractivity contribution in [2.24, 2.45) is 0 Å². The fourth-order valence-corrected chi connectivity index (χ4v) is 1.19. The van der Waals surface area contributed by atoms with Crippen LogP contribution in [0, 0.1) is 0 Å². The molecule has 2 N–H and O–H groups in total. The van der Waals surface area contributed by atoms with Crippen LogP contribution in [-0.2, 0) is 4.79 Å². The summed E-state index contributed by atoms with van der Waals surface area (Å²) >= 11 is 0. The Hall–Kier alpha value is -2.24. The molecule has 0 aliphatic carbocycles. The van der Waals surface area contributed by atoms with E-state index in [0.717, 1.165) is 0 Å². The molecule has 92 valence electrons. The summed E-state index contributed by atoms with van der Waals surface area (Å²) in [6.07, 6.45) is 0. The highest BCUT2D eigenvalue weighted by molar-refractivity contribution is 5.95. The molecule has 0 saturated carbocycles. The fraction of sp³-hybridized carbons (Fsp3) is 0.273. The molecular formula is C11H14N2O4. The lowest BCUT2D eigenvalue weighted by atomic mass is 10.2. The second-order valence-electron chi connectivity index (χ2n) is 3.21. The quantitative estimate of drug-likeness (QED) is 0.751. The third-order valence-electron chi connectivity index (χ3n) is 2.00. The first-order valence-electron chi connectivity index (χ1n) is 4.87. The molecule has 17 heavy (non-hydrogen) atoms. The Morgan fingerprint density at radius 1 is 1.06 bits per heavy atom. The summed E-state index contributed by atoms with van der Waals surface area (Å²) in [4.78, 5) is 22.2. The van der Waals surface area contributed by atoms with E-state index >= 15 is 0 Å². The number of nitrogens with one attached hydrogen (secondary N) is 2. The van der Waals surface area contributed by atoms with Crippen molar-refractivity contribution in [1.29, 1.82) is 0 Å². The van der Waals surface area contributed by atoms with E-state index < -0.39 is 5.91 Å². The summed E-state index contributed by atoms with van der Waals surface area (Å²) in [5.74, 6) is 0.200. The SMILES string of the molecule is COc1ccc(C(=O)NNC(C)=O)cc1OC. The molecule has 0 spiro atoms. The molecule has 0 atom stereocenters. The number of hydrogen-bond acceptors (Lipinski definition) is 4. The number of rotatable bonds is 3. The van der Waals surface area contributed by atoms with Crippen molar-refractivity contribution >= 4 is 11.8 Å². The molecule has 6 nitrogen and oxygen atoms in total. The van der Waals surface area contributed by atoms with Crippen LogP contribution in [0.5, 0.6) is 11.5 Å². The topological polar surface area (TPSA) is 76.7 Å². The second kappa shape index (κ2) is 5.74. The Balaban J connectivity index is 2.84.